The Balaban J connectivity index is 2.23. The summed E-state index contributed by atoms with van der Waals surface area (Å²) in [4.78, 5) is 34.1. The Kier molecular flexibility index (Phi) is 4.22. The minimum atomic E-state index is -0.765. The first kappa shape index (κ1) is 15.4. The van der Waals surface area contributed by atoms with E-state index in [2.05, 4.69) is 20.6 Å². The topological polar surface area (TPSA) is 87.2 Å². The fourth-order valence-corrected chi connectivity index (χ4v) is 2.23. The Morgan fingerprint density at radius 3 is 2.76 bits per heavy atom. The number of piperazine rings is 1. The lowest BCUT2D eigenvalue weighted by molar-refractivity contribution is -0.145. The van der Waals surface area contributed by atoms with Gasteiger partial charge in [0.05, 0.1) is 18.6 Å². The second-order valence-electron chi connectivity index (χ2n) is 5.63. The molecule has 0 aromatic carbocycles. The van der Waals surface area contributed by atoms with Gasteiger partial charge in [0, 0.05) is 18.3 Å². The van der Waals surface area contributed by atoms with E-state index in [0.29, 0.717) is 12.4 Å². The Morgan fingerprint density at radius 1 is 1.38 bits per heavy atom. The highest BCUT2D eigenvalue weighted by molar-refractivity contribution is 6.02. The van der Waals surface area contributed by atoms with Crippen LogP contribution < -0.4 is 10.6 Å². The first-order chi connectivity index (χ1) is 9.82. The smallest absolute Gasteiger partial charge is 0.246 e. The van der Waals surface area contributed by atoms with Crippen molar-refractivity contribution in [2.24, 2.45) is 0 Å². The number of nitrogens with one attached hydrogen (secondary N) is 2. The van der Waals surface area contributed by atoms with E-state index >= 15 is 0 Å². The van der Waals surface area contributed by atoms with E-state index in [0.717, 1.165) is 18.1 Å². The fourth-order valence-electron chi connectivity index (χ4n) is 2.23. The molecule has 1 fully saturated rings. The van der Waals surface area contributed by atoms with Crippen LogP contribution >= 0.6 is 0 Å². The molecule has 1 aromatic rings. The van der Waals surface area contributed by atoms with Gasteiger partial charge in [-0.05, 0) is 27.7 Å². The zero-order chi connectivity index (χ0) is 15.6. The molecule has 7 heteroatoms. The highest BCUT2D eigenvalue weighted by Crippen LogP contribution is 2.20. The number of anilines is 1. The van der Waals surface area contributed by atoms with Crippen molar-refractivity contribution in [1.29, 1.82) is 0 Å². The average Bonchev–Trinajstić information content (AvgIpc) is 2.35. The normalized spacial score (nSPS) is 18.5. The average molecular weight is 291 g/mol. The van der Waals surface area contributed by atoms with Crippen LogP contribution in [0, 0.1) is 6.92 Å². The quantitative estimate of drug-likeness (QED) is 0.783. The lowest BCUT2D eigenvalue weighted by atomic mass is 9.99. The molecule has 0 unspecified atom stereocenters. The van der Waals surface area contributed by atoms with Crippen LogP contribution in [0.2, 0.25) is 0 Å². The minimum Gasteiger partial charge on any atom is -0.370 e. The molecular formula is C14H21N5O2. The van der Waals surface area contributed by atoms with Crippen molar-refractivity contribution < 1.29 is 9.59 Å². The van der Waals surface area contributed by atoms with Crippen molar-refractivity contribution in [1.82, 2.24) is 20.2 Å². The number of rotatable bonds is 4. The minimum absolute atomic E-state index is 0.159. The van der Waals surface area contributed by atoms with Gasteiger partial charge in [0.15, 0.2) is 0 Å². The maximum atomic E-state index is 11.9. The number of nitrogens with zero attached hydrogens (tertiary/aromatic N) is 3. The van der Waals surface area contributed by atoms with Crippen molar-refractivity contribution in [3.05, 3.63) is 17.6 Å². The highest BCUT2D eigenvalue weighted by atomic mass is 16.2. The van der Waals surface area contributed by atoms with Gasteiger partial charge in [-0.3, -0.25) is 19.8 Å². The molecule has 1 aliphatic rings. The first-order valence-electron chi connectivity index (χ1n) is 7.00. The zero-order valence-electron chi connectivity index (χ0n) is 12.9. The number of aryl methyl sites for hydroxylation is 1. The summed E-state index contributed by atoms with van der Waals surface area (Å²) >= 11 is 0. The fraction of sp³-hybridized carbons (Fsp3) is 0.571. The summed E-state index contributed by atoms with van der Waals surface area (Å²) in [7, 11) is 0. The lowest BCUT2D eigenvalue weighted by Crippen LogP contribution is -2.63. The van der Waals surface area contributed by atoms with E-state index in [-0.39, 0.29) is 18.4 Å². The number of imide groups is 1. The highest BCUT2D eigenvalue weighted by Gasteiger charge is 2.41. The Bertz CT molecular complexity index is 570. The van der Waals surface area contributed by atoms with E-state index in [4.69, 9.17) is 0 Å². The molecule has 21 heavy (non-hydrogen) atoms. The van der Waals surface area contributed by atoms with Crippen LogP contribution in [0.15, 0.2) is 6.07 Å². The number of amides is 2. The van der Waals surface area contributed by atoms with Gasteiger partial charge < -0.3 is 5.32 Å². The van der Waals surface area contributed by atoms with Crippen LogP contribution in [0.3, 0.4) is 0 Å². The van der Waals surface area contributed by atoms with Gasteiger partial charge in [-0.2, -0.15) is 0 Å². The molecule has 1 aromatic heterocycles. The standard InChI is InChI=1S/C14H21N5O2/c1-5-15-10-6-9(2)16-11(17-10)7-19-8-12(20)18-13(21)14(19,3)4/h6H,5,7-8H2,1-4H3,(H,15,16,17)(H,18,20,21). The van der Waals surface area contributed by atoms with Crippen LogP contribution in [0.5, 0.6) is 0 Å². The monoisotopic (exact) mass is 291 g/mol. The maximum absolute atomic E-state index is 11.9. The molecule has 0 atom stereocenters. The van der Waals surface area contributed by atoms with Crippen molar-refractivity contribution in [2.45, 2.75) is 39.8 Å². The van der Waals surface area contributed by atoms with Crippen molar-refractivity contribution in [3.8, 4) is 0 Å². The van der Waals surface area contributed by atoms with Crippen LogP contribution in [-0.2, 0) is 16.1 Å². The molecule has 114 valence electrons. The molecular weight excluding hydrogens is 270 g/mol. The Hall–Kier alpha value is -2.02. The third kappa shape index (κ3) is 3.36. The van der Waals surface area contributed by atoms with Gasteiger partial charge in [-0.25, -0.2) is 9.97 Å². The predicted octanol–water partition coefficient (Wildman–Crippen LogP) is 0.454. The van der Waals surface area contributed by atoms with Crippen LogP contribution in [0.25, 0.3) is 0 Å². The molecule has 1 aliphatic heterocycles. The van der Waals surface area contributed by atoms with E-state index in [1.807, 2.05) is 19.9 Å². The third-order valence-corrected chi connectivity index (χ3v) is 3.52. The van der Waals surface area contributed by atoms with Crippen molar-refractivity contribution >= 4 is 17.6 Å². The maximum Gasteiger partial charge on any atom is 0.246 e. The second kappa shape index (κ2) is 5.77. The summed E-state index contributed by atoms with van der Waals surface area (Å²) in [5.41, 5.74) is 0.0841. The Morgan fingerprint density at radius 2 is 2.10 bits per heavy atom. The first-order valence-corrected chi connectivity index (χ1v) is 7.00. The Labute approximate surface area is 124 Å². The molecule has 0 saturated carbocycles. The van der Waals surface area contributed by atoms with Crippen molar-refractivity contribution in [3.63, 3.8) is 0 Å². The van der Waals surface area contributed by atoms with Gasteiger partial charge in [0.2, 0.25) is 11.8 Å². The molecule has 1 saturated heterocycles. The number of carbonyl (C=O) groups is 2. The molecule has 2 amide bonds. The van der Waals surface area contributed by atoms with Crippen molar-refractivity contribution in [2.75, 3.05) is 18.4 Å². The molecule has 0 radical (unpaired) electrons. The van der Waals surface area contributed by atoms with Gasteiger partial charge >= 0.3 is 0 Å². The van der Waals surface area contributed by atoms with Gasteiger partial charge in [0.25, 0.3) is 0 Å². The third-order valence-electron chi connectivity index (χ3n) is 3.52. The summed E-state index contributed by atoms with van der Waals surface area (Å²) in [5.74, 6) is 0.768. The zero-order valence-corrected chi connectivity index (χ0v) is 12.9. The summed E-state index contributed by atoms with van der Waals surface area (Å²) in [6, 6.07) is 1.87. The van der Waals surface area contributed by atoms with Gasteiger partial charge in [0.1, 0.15) is 11.6 Å². The summed E-state index contributed by atoms with van der Waals surface area (Å²) < 4.78 is 0. The van der Waals surface area contributed by atoms with Gasteiger partial charge in [-0.1, -0.05) is 0 Å². The number of carbonyl (C=O) groups excluding carboxylic acids is 2. The molecule has 2 heterocycles. The SMILES string of the molecule is CCNc1cc(C)nc(CN2CC(=O)NC(=O)C2(C)C)n1. The molecule has 2 N–H and O–H groups in total. The molecule has 0 bridgehead atoms. The summed E-state index contributed by atoms with van der Waals surface area (Å²) in [6.45, 7) is 8.75. The van der Waals surface area contributed by atoms with Crippen LogP contribution in [-0.4, -0.2) is 45.3 Å². The predicted molar refractivity (Wildman–Crippen MR) is 78.6 cm³/mol. The van der Waals surface area contributed by atoms with E-state index in [1.165, 1.54) is 0 Å². The summed E-state index contributed by atoms with van der Waals surface area (Å²) in [6.07, 6.45) is 0. The number of aromatic nitrogens is 2. The lowest BCUT2D eigenvalue weighted by Gasteiger charge is -2.39. The second-order valence-corrected chi connectivity index (χ2v) is 5.63. The number of hydrogen-bond acceptors (Lipinski definition) is 6. The molecule has 7 nitrogen and oxygen atoms in total. The molecule has 0 spiro atoms. The summed E-state index contributed by atoms with van der Waals surface area (Å²) in [5, 5.41) is 5.50. The molecule has 0 aliphatic carbocycles. The molecule has 2 rings (SSSR count). The van der Waals surface area contributed by atoms with Gasteiger partial charge in [-0.15, -0.1) is 0 Å². The number of hydrogen-bond donors (Lipinski definition) is 2. The van der Waals surface area contributed by atoms with E-state index in [9.17, 15) is 9.59 Å². The van der Waals surface area contributed by atoms with E-state index < -0.39 is 5.54 Å². The largest absolute Gasteiger partial charge is 0.370 e. The van der Waals surface area contributed by atoms with Crippen LogP contribution in [0.1, 0.15) is 32.3 Å². The van der Waals surface area contributed by atoms with E-state index in [1.54, 1.807) is 18.7 Å². The van der Waals surface area contributed by atoms with Crippen LogP contribution in [0.4, 0.5) is 5.82 Å².